The predicted molar refractivity (Wildman–Crippen MR) is 59.0 cm³/mol. The van der Waals surface area contributed by atoms with Crippen molar-refractivity contribution in [2.75, 3.05) is 14.2 Å². The summed E-state index contributed by atoms with van der Waals surface area (Å²) >= 11 is 11.2. The van der Waals surface area contributed by atoms with E-state index in [9.17, 15) is 4.79 Å². The van der Waals surface area contributed by atoms with Crippen molar-refractivity contribution in [2.24, 2.45) is 0 Å². The second-order valence-corrected chi connectivity index (χ2v) is 3.58. The average molecular weight is 249 g/mol. The Balaban J connectivity index is 3.16. The molecular weight excluding hydrogens is 239 g/mol. The Morgan fingerprint density at radius 2 is 2.00 bits per heavy atom. The topological polar surface area (TPSA) is 35.5 Å². The van der Waals surface area contributed by atoms with Crippen LogP contribution in [0.4, 0.5) is 0 Å². The van der Waals surface area contributed by atoms with Crippen molar-refractivity contribution < 1.29 is 14.3 Å². The second-order valence-electron chi connectivity index (χ2n) is 2.77. The smallest absolute Gasteiger partial charge is 0.244 e. The summed E-state index contributed by atoms with van der Waals surface area (Å²) < 4.78 is 10.1. The molecule has 0 aliphatic heterocycles. The van der Waals surface area contributed by atoms with Gasteiger partial charge in [-0.2, -0.15) is 0 Å². The molecule has 0 radical (unpaired) electrons. The van der Waals surface area contributed by atoms with Gasteiger partial charge >= 0.3 is 0 Å². The molecule has 3 nitrogen and oxygen atoms in total. The fourth-order valence-corrected chi connectivity index (χ4v) is 1.45. The van der Waals surface area contributed by atoms with Crippen LogP contribution >= 0.6 is 23.2 Å². The SMILES string of the molecule is COc1ccc(OC)c(C(Cl)C(=O)Cl)c1. The minimum atomic E-state index is -0.934. The number of alkyl halides is 1. The molecule has 15 heavy (non-hydrogen) atoms. The van der Waals surface area contributed by atoms with E-state index in [0.29, 0.717) is 17.1 Å². The number of benzene rings is 1. The molecular formula is C10H10Cl2O3. The van der Waals surface area contributed by atoms with E-state index in [0.717, 1.165) is 0 Å². The predicted octanol–water partition coefficient (Wildman–Crippen LogP) is 2.75. The van der Waals surface area contributed by atoms with Gasteiger partial charge in [-0.3, -0.25) is 4.79 Å². The van der Waals surface area contributed by atoms with Gasteiger partial charge in [-0.05, 0) is 29.8 Å². The Bertz CT molecular complexity index is 366. The normalized spacial score (nSPS) is 12.0. The fraction of sp³-hybridized carbons (Fsp3) is 0.300. The molecule has 0 spiro atoms. The van der Waals surface area contributed by atoms with Crippen LogP contribution in [0.1, 0.15) is 10.9 Å². The van der Waals surface area contributed by atoms with E-state index in [1.165, 1.54) is 14.2 Å². The van der Waals surface area contributed by atoms with Gasteiger partial charge in [0, 0.05) is 5.56 Å². The Kier molecular flexibility index (Phi) is 4.24. The maximum Gasteiger partial charge on any atom is 0.244 e. The van der Waals surface area contributed by atoms with E-state index in [1.54, 1.807) is 18.2 Å². The number of ether oxygens (including phenoxy) is 2. The van der Waals surface area contributed by atoms with E-state index in [2.05, 4.69) is 0 Å². The monoisotopic (exact) mass is 248 g/mol. The summed E-state index contributed by atoms with van der Waals surface area (Å²) in [5, 5.41) is -1.58. The minimum Gasteiger partial charge on any atom is -0.497 e. The van der Waals surface area contributed by atoms with Gasteiger partial charge in [-0.25, -0.2) is 0 Å². The van der Waals surface area contributed by atoms with Crippen molar-refractivity contribution >= 4 is 28.4 Å². The number of halogens is 2. The Labute approximate surface area is 97.9 Å². The first-order chi connectivity index (χ1) is 7.10. The first kappa shape index (κ1) is 12.1. The van der Waals surface area contributed by atoms with Gasteiger partial charge < -0.3 is 9.47 Å². The van der Waals surface area contributed by atoms with Crippen molar-refractivity contribution in [3.63, 3.8) is 0 Å². The maximum atomic E-state index is 10.9. The quantitative estimate of drug-likeness (QED) is 0.608. The van der Waals surface area contributed by atoms with Gasteiger partial charge in [-0.1, -0.05) is 0 Å². The van der Waals surface area contributed by atoms with Crippen LogP contribution in [0.25, 0.3) is 0 Å². The van der Waals surface area contributed by atoms with Crippen LogP contribution in [0, 0.1) is 0 Å². The molecule has 1 atom stereocenters. The van der Waals surface area contributed by atoms with Crippen molar-refractivity contribution in [3.05, 3.63) is 23.8 Å². The summed E-state index contributed by atoms with van der Waals surface area (Å²) in [7, 11) is 3.02. The third-order valence-electron chi connectivity index (χ3n) is 1.91. The first-order valence-electron chi connectivity index (χ1n) is 4.15. The van der Waals surface area contributed by atoms with Crippen LogP contribution in [-0.4, -0.2) is 19.5 Å². The lowest BCUT2D eigenvalue weighted by Gasteiger charge is -2.12. The Morgan fingerprint density at radius 1 is 1.33 bits per heavy atom. The standard InChI is InChI=1S/C10H10Cl2O3/c1-14-6-3-4-8(15-2)7(5-6)9(11)10(12)13/h3-5,9H,1-2H3. The van der Waals surface area contributed by atoms with E-state index in [1.807, 2.05) is 0 Å². The average Bonchev–Trinajstić information content (AvgIpc) is 2.27. The Hall–Kier alpha value is -0.930. The van der Waals surface area contributed by atoms with Crippen molar-refractivity contribution in [1.29, 1.82) is 0 Å². The lowest BCUT2D eigenvalue weighted by atomic mass is 10.1. The molecule has 1 aromatic rings. The van der Waals surface area contributed by atoms with Crippen LogP contribution in [0.15, 0.2) is 18.2 Å². The third kappa shape index (κ3) is 2.76. The number of carbonyl (C=O) groups is 1. The highest BCUT2D eigenvalue weighted by Gasteiger charge is 2.20. The number of methoxy groups -OCH3 is 2. The zero-order valence-electron chi connectivity index (χ0n) is 8.29. The van der Waals surface area contributed by atoms with E-state index in [4.69, 9.17) is 32.7 Å². The van der Waals surface area contributed by atoms with Gasteiger partial charge in [0.1, 0.15) is 16.9 Å². The van der Waals surface area contributed by atoms with E-state index in [-0.39, 0.29) is 0 Å². The molecule has 0 saturated heterocycles. The van der Waals surface area contributed by atoms with Crippen molar-refractivity contribution in [2.45, 2.75) is 5.38 Å². The van der Waals surface area contributed by atoms with Crippen LogP contribution in [0.2, 0.25) is 0 Å². The number of rotatable bonds is 4. The van der Waals surface area contributed by atoms with Gasteiger partial charge in [0.05, 0.1) is 14.2 Å². The highest BCUT2D eigenvalue weighted by atomic mass is 35.5. The molecule has 0 saturated carbocycles. The zero-order chi connectivity index (χ0) is 11.4. The van der Waals surface area contributed by atoms with Crippen LogP contribution in [-0.2, 0) is 4.79 Å². The molecule has 0 heterocycles. The third-order valence-corrected chi connectivity index (χ3v) is 2.67. The molecule has 0 fully saturated rings. The van der Waals surface area contributed by atoms with E-state index >= 15 is 0 Å². The minimum absolute atomic E-state index is 0.499. The van der Waals surface area contributed by atoms with Gasteiger partial charge in [0.15, 0.2) is 0 Å². The highest BCUT2D eigenvalue weighted by molar-refractivity contribution is 6.68. The number of carbonyl (C=O) groups excluding carboxylic acids is 1. The van der Waals surface area contributed by atoms with Gasteiger partial charge in [0.2, 0.25) is 5.24 Å². The fourth-order valence-electron chi connectivity index (χ4n) is 1.16. The molecule has 0 N–H and O–H groups in total. The van der Waals surface area contributed by atoms with Crippen molar-refractivity contribution in [3.8, 4) is 11.5 Å². The molecule has 0 amide bonds. The summed E-state index contributed by atoms with van der Waals surface area (Å²) in [5.74, 6) is 1.10. The lowest BCUT2D eigenvalue weighted by molar-refractivity contribution is -0.111. The molecule has 0 aliphatic carbocycles. The lowest BCUT2D eigenvalue weighted by Crippen LogP contribution is -2.02. The Morgan fingerprint density at radius 3 is 2.47 bits per heavy atom. The van der Waals surface area contributed by atoms with E-state index < -0.39 is 10.6 Å². The molecule has 82 valence electrons. The summed E-state index contributed by atoms with van der Waals surface area (Å²) in [6.07, 6.45) is 0. The van der Waals surface area contributed by atoms with Crippen LogP contribution in [0.5, 0.6) is 11.5 Å². The second kappa shape index (κ2) is 5.24. The van der Waals surface area contributed by atoms with Crippen molar-refractivity contribution in [1.82, 2.24) is 0 Å². The maximum absolute atomic E-state index is 10.9. The summed E-state index contributed by atoms with van der Waals surface area (Å²) in [6.45, 7) is 0. The molecule has 1 rings (SSSR count). The molecule has 1 unspecified atom stereocenters. The number of hydrogen-bond donors (Lipinski definition) is 0. The summed E-state index contributed by atoms with van der Waals surface area (Å²) in [4.78, 5) is 10.9. The highest BCUT2D eigenvalue weighted by Crippen LogP contribution is 2.34. The molecule has 5 heteroatoms. The summed E-state index contributed by atoms with van der Waals surface area (Å²) in [5.41, 5.74) is 0.499. The van der Waals surface area contributed by atoms with Gasteiger partial charge in [0.25, 0.3) is 0 Å². The van der Waals surface area contributed by atoms with Gasteiger partial charge in [-0.15, -0.1) is 11.6 Å². The summed E-state index contributed by atoms with van der Waals surface area (Å²) in [6, 6.07) is 5.00. The molecule has 0 aromatic heterocycles. The molecule has 0 bridgehead atoms. The molecule has 0 aliphatic rings. The number of hydrogen-bond acceptors (Lipinski definition) is 3. The zero-order valence-corrected chi connectivity index (χ0v) is 9.80. The largest absolute Gasteiger partial charge is 0.497 e. The first-order valence-corrected chi connectivity index (χ1v) is 4.97. The van der Waals surface area contributed by atoms with Crippen LogP contribution < -0.4 is 9.47 Å². The molecule has 1 aromatic carbocycles. The van der Waals surface area contributed by atoms with Crippen LogP contribution in [0.3, 0.4) is 0 Å².